The van der Waals surface area contributed by atoms with E-state index in [4.69, 9.17) is 0 Å². The summed E-state index contributed by atoms with van der Waals surface area (Å²) in [6, 6.07) is 20.4. The van der Waals surface area contributed by atoms with Crippen LogP contribution < -0.4 is 10.0 Å². The van der Waals surface area contributed by atoms with Gasteiger partial charge in [-0.2, -0.15) is 0 Å². The lowest BCUT2D eigenvalue weighted by molar-refractivity contribution is -0.0807. The Hall–Kier alpha value is -3.17. The van der Waals surface area contributed by atoms with Crippen LogP contribution in [0.1, 0.15) is 54.6 Å². The van der Waals surface area contributed by atoms with Crippen LogP contribution in [0.3, 0.4) is 0 Å². The van der Waals surface area contributed by atoms with Crippen molar-refractivity contribution in [3.63, 3.8) is 0 Å². The molecule has 1 amide bonds. The third-order valence-corrected chi connectivity index (χ3v) is 11.1. The van der Waals surface area contributed by atoms with Crippen LogP contribution in [-0.4, -0.2) is 33.5 Å². The van der Waals surface area contributed by atoms with Gasteiger partial charge in [0.2, 0.25) is 0 Å². The first-order chi connectivity index (χ1) is 17.4. The van der Waals surface area contributed by atoms with E-state index in [1.807, 2.05) is 25.1 Å². The Morgan fingerprint density at radius 3 is 2.03 bits per heavy atom. The van der Waals surface area contributed by atoms with Crippen LogP contribution in [0.2, 0.25) is 0 Å². The van der Waals surface area contributed by atoms with Crippen LogP contribution in [0.15, 0.2) is 82.6 Å². The largest absolute Gasteiger partial charge is 0.346 e. The highest BCUT2D eigenvalue weighted by Gasteiger charge is 2.68. The second-order valence-electron chi connectivity index (χ2n) is 10.6. The maximum Gasteiger partial charge on any atom is 0.261 e. The number of amides is 1. The van der Waals surface area contributed by atoms with Gasteiger partial charge in [-0.05, 0) is 87.6 Å². The Balaban J connectivity index is 1.33. The molecule has 9 heteroatoms. The maximum atomic E-state index is 13.3. The molecule has 0 unspecified atom stereocenters. The first-order valence-electron chi connectivity index (χ1n) is 12.2. The molecule has 3 aromatic rings. The summed E-state index contributed by atoms with van der Waals surface area (Å²) >= 11 is 0. The Labute approximate surface area is 218 Å². The minimum absolute atomic E-state index is 0.0592. The number of hydrogen-bond acceptors (Lipinski definition) is 5. The summed E-state index contributed by atoms with van der Waals surface area (Å²) in [5.74, 6) is -0.322. The number of nitrogens with one attached hydrogen (secondary N) is 2. The predicted molar refractivity (Wildman–Crippen MR) is 143 cm³/mol. The number of carbonyl (C=O) groups is 1. The lowest BCUT2D eigenvalue weighted by Crippen LogP contribution is -2.76. The summed E-state index contributed by atoms with van der Waals surface area (Å²) in [4.78, 5) is 13.2. The highest BCUT2D eigenvalue weighted by atomic mass is 32.2. The summed E-state index contributed by atoms with van der Waals surface area (Å²) in [7, 11) is -7.59. The fraction of sp³-hybridized carbons (Fsp3) is 0.321. The second kappa shape index (κ2) is 8.70. The average molecular weight is 539 g/mol. The van der Waals surface area contributed by atoms with Crippen molar-refractivity contribution in [1.82, 2.24) is 5.32 Å². The van der Waals surface area contributed by atoms with Gasteiger partial charge in [0.1, 0.15) is 0 Å². The summed E-state index contributed by atoms with van der Waals surface area (Å²) in [5, 5.41) is 2.53. The Morgan fingerprint density at radius 2 is 1.43 bits per heavy atom. The summed E-state index contributed by atoms with van der Waals surface area (Å²) < 4.78 is 53.6. The number of sulfone groups is 1. The number of carbonyl (C=O) groups excluding carboxylic acids is 1. The quantitative estimate of drug-likeness (QED) is 0.436. The maximum absolute atomic E-state index is 13.3. The zero-order valence-electron chi connectivity index (χ0n) is 21.0. The number of sulfonamides is 1. The van der Waals surface area contributed by atoms with Gasteiger partial charge in [0.15, 0.2) is 9.84 Å². The Bertz CT molecular complexity index is 1560. The van der Waals surface area contributed by atoms with Crippen LogP contribution in [0, 0.1) is 6.92 Å². The molecule has 0 aromatic heterocycles. The number of anilines is 1. The van der Waals surface area contributed by atoms with Gasteiger partial charge in [0, 0.05) is 11.0 Å². The average Bonchev–Trinajstić information content (AvgIpc) is 2.80. The molecule has 3 aliphatic carbocycles. The molecule has 3 saturated carbocycles. The van der Waals surface area contributed by atoms with Crippen molar-refractivity contribution in [1.29, 1.82) is 0 Å². The van der Waals surface area contributed by atoms with Crippen molar-refractivity contribution in [2.24, 2.45) is 0 Å². The van der Waals surface area contributed by atoms with Gasteiger partial charge in [0.05, 0.1) is 26.3 Å². The van der Waals surface area contributed by atoms with Crippen molar-refractivity contribution in [3.8, 4) is 0 Å². The fourth-order valence-electron chi connectivity index (χ4n) is 5.55. The van der Waals surface area contributed by atoms with Gasteiger partial charge in [-0.3, -0.25) is 9.52 Å². The molecule has 0 saturated heterocycles. The van der Waals surface area contributed by atoms with E-state index in [2.05, 4.69) is 22.2 Å². The molecule has 194 valence electrons. The zero-order valence-corrected chi connectivity index (χ0v) is 22.6. The van der Waals surface area contributed by atoms with Gasteiger partial charge in [-0.15, -0.1) is 0 Å². The number of aryl methyl sites for hydroxylation is 1. The fourth-order valence-corrected chi connectivity index (χ4v) is 7.68. The number of benzene rings is 3. The van der Waals surface area contributed by atoms with Gasteiger partial charge < -0.3 is 5.32 Å². The molecule has 3 aromatic carbocycles. The monoisotopic (exact) mass is 538 g/mol. The van der Waals surface area contributed by atoms with Crippen LogP contribution in [0.25, 0.3) is 0 Å². The standard InChI is InChI=1S/C28H30N2O5S2/c1-19(2)36(32,33)22-10-12-23(13-11-22)37(34,35)30-25-15-20(3)9-14-24(25)26(31)29-28-16-27(17-28,18-28)21-7-5-4-6-8-21/h4-15,19,30H,16-18H2,1-3H3,(H,29,31). The molecule has 2 bridgehead atoms. The normalized spacial score (nSPS) is 22.6. The molecule has 0 aliphatic heterocycles. The third-order valence-electron chi connectivity index (χ3n) is 7.54. The first kappa shape index (κ1) is 25.5. The molecule has 7 nitrogen and oxygen atoms in total. The van der Waals surface area contributed by atoms with Gasteiger partial charge >= 0.3 is 0 Å². The molecule has 6 rings (SSSR count). The molecule has 0 heterocycles. The van der Waals surface area contributed by atoms with Gasteiger partial charge in [0.25, 0.3) is 15.9 Å². The van der Waals surface area contributed by atoms with Crippen LogP contribution in [0.5, 0.6) is 0 Å². The lowest BCUT2D eigenvalue weighted by atomic mass is 9.37. The van der Waals surface area contributed by atoms with E-state index in [1.165, 1.54) is 29.8 Å². The van der Waals surface area contributed by atoms with E-state index in [9.17, 15) is 21.6 Å². The summed E-state index contributed by atoms with van der Waals surface area (Å²) in [6.07, 6.45) is 2.61. The van der Waals surface area contributed by atoms with E-state index in [0.717, 1.165) is 24.8 Å². The Kier molecular flexibility index (Phi) is 5.99. The van der Waals surface area contributed by atoms with E-state index < -0.39 is 25.1 Å². The second-order valence-corrected chi connectivity index (χ2v) is 14.8. The molecule has 2 N–H and O–H groups in total. The molecular formula is C28H30N2O5S2. The van der Waals surface area contributed by atoms with Crippen molar-refractivity contribution in [2.45, 2.75) is 66.0 Å². The minimum Gasteiger partial charge on any atom is -0.346 e. The van der Waals surface area contributed by atoms with Crippen LogP contribution >= 0.6 is 0 Å². The molecule has 0 spiro atoms. The number of hydrogen-bond donors (Lipinski definition) is 2. The molecule has 3 fully saturated rings. The van der Waals surface area contributed by atoms with E-state index in [-0.39, 0.29) is 37.9 Å². The summed E-state index contributed by atoms with van der Waals surface area (Å²) in [6.45, 7) is 4.95. The predicted octanol–water partition coefficient (Wildman–Crippen LogP) is 4.58. The third kappa shape index (κ3) is 4.44. The lowest BCUT2D eigenvalue weighted by Gasteiger charge is -2.71. The smallest absolute Gasteiger partial charge is 0.261 e. The molecule has 37 heavy (non-hydrogen) atoms. The highest BCUT2D eigenvalue weighted by molar-refractivity contribution is 7.93. The first-order valence-corrected chi connectivity index (χ1v) is 15.2. The molecular weight excluding hydrogens is 508 g/mol. The van der Waals surface area contributed by atoms with Crippen LogP contribution in [-0.2, 0) is 25.3 Å². The SMILES string of the molecule is Cc1ccc(C(=O)NC23CC(c4ccccc4)(C2)C3)c(NS(=O)(=O)c2ccc(S(=O)(=O)C(C)C)cc2)c1. The Morgan fingerprint density at radius 1 is 0.838 bits per heavy atom. The van der Waals surface area contributed by atoms with Crippen molar-refractivity contribution < 1.29 is 21.6 Å². The molecule has 0 atom stereocenters. The number of rotatable bonds is 8. The minimum atomic E-state index is -4.06. The topological polar surface area (TPSA) is 109 Å². The zero-order chi connectivity index (χ0) is 26.6. The van der Waals surface area contributed by atoms with Crippen molar-refractivity contribution in [3.05, 3.63) is 89.5 Å². The van der Waals surface area contributed by atoms with E-state index >= 15 is 0 Å². The summed E-state index contributed by atoms with van der Waals surface area (Å²) in [5.41, 5.74) is 2.38. The van der Waals surface area contributed by atoms with E-state index in [1.54, 1.807) is 32.0 Å². The van der Waals surface area contributed by atoms with E-state index in [0.29, 0.717) is 0 Å². The van der Waals surface area contributed by atoms with Gasteiger partial charge in [-0.1, -0.05) is 36.4 Å². The highest BCUT2D eigenvalue weighted by Crippen LogP contribution is 2.67. The van der Waals surface area contributed by atoms with Crippen LogP contribution in [0.4, 0.5) is 5.69 Å². The van der Waals surface area contributed by atoms with Crippen molar-refractivity contribution >= 4 is 31.5 Å². The van der Waals surface area contributed by atoms with Gasteiger partial charge in [-0.25, -0.2) is 16.8 Å². The van der Waals surface area contributed by atoms with Crippen molar-refractivity contribution in [2.75, 3.05) is 4.72 Å². The molecule has 3 aliphatic rings. The molecule has 0 radical (unpaired) electrons.